The van der Waals surface area contributed by atoms with E-state index in [0.717, 1.165) is 22.4 Å². The molecule has 0 radical (unpaired) electrons. The Balaban J connectivity index is 1.87. The van der Waals surface area contributed by atoms with E-state index < -0.39 is 5.97 Å². The third-order valence-corrected chi connectivity index (χ3v) is 5.26. The number of carboxylic acids is 1. The van der Waals surface area contributed by atoms with Crippen LogP contribution < -0.4 is 5.32 Å². The molecule has 1 aromatic heterocycles. The minimum Gasteiger partial charge on any atom is -0.478 e. The van der Waals surface area contributed by atoms with Crippen molar-refractivity contribution in [2.24, 2.45) is 0 Å². The molecule has 5 heteroatoms. The first-order valence-corrected chi connectivity index (χ1v) is 9.33. The number of carbonyl (C=O) groups is 1. The maximum Gasteiger partial charge on any atom is 0.337 e. The highest BCUT2D eigenvalue weighted by atomic mass is 19.1. The molecule has 2 N–H and O–H groups in total. The van der Waals surface area contributed by atoms with E-state index in [0.29, 0.717) is 24.3 Å². The molecule has 0 fully saturated rings. The summed E-state index contributed by atoms with van der Waals surface area (Å²) in [6, 6.07) is 16.5. The molecule has 1 heterocycles. The first-order valence-electron chi connectivity index (χ1n) is 9.33. The summed E-state index contributed by atoms with van der Waals surface area (Å²) in [6.07, 6.45) is 0. The van der Waals surface area contributed by atoms with Crippen molar-refractivity contribution < 1.29 is 14.3 Å². The molecule has 0 amide bonds. The molecule has 4 nitrogen and oxygen atoms in total. The van der Waals surface area contributed by atoms with Gasteiger partial charge in [-0.3, -0.25) is 0 Å². The van der Waals surface area contributed by atoms with Gasteiger partial charge in [0.1, 0.15) is 5.82 Å². The van der Waals surface area contributed by atoms with Gasteiger partial charge in [0.2, 0.25) is 0 Å². The van der Waals surface area contributed by atoms with Crippen LogP contribution in [0.1, 0.15) is 51.4 Å². The Morgan fingerprint density at radius 2 is 1.71 bits per heavy atom. The largest absolute Gasteiger partial charge is 0.478 e. The zero-order chi connectivity index (χ0) is 20.3. The molecule has 0 saturated heterocycles. The van der Waals surface area contributed by atoms with Gasteiger partial charge >= 0.3 is 5.97 Å². The molecule has 0 spiro atoms. The Kier molecular flexibility index (Phi) is 5.95. The fourth-order valence-electron chi connectivity index (χ4n) is 3.57. The quantitative estimate of drug-likeness (QED) is 0.617. The average molecular weight is 380 g/mol. The zero-order valence-corrected chi connectivity index (χ0v) is 16.4. The van der Waals surface area contributed by atoms with Crippen molar-refractivity contribution >= 4 is 5.97 Å². The zero-order valence-electron chi connectivity index (χ0n) is 16.4. The van der Waals surface area contributed by atoms with Gasteiger partial charge in [0.25, 0.3) is 0 Å². The topological polar surface area (TPSA) is 54.3 Å². The average Bonchev–Trinajstić information content (AvgIpc) is 2.92. The number of hydrogen-bond donors (Lipinski definition) is 2. The second-order valence-electron chi connectivity index (χ2n) is 7.06. The van der Waals surface area contributed by atoms with Gasteiger partial charge in [-0.15, -0.1) is 0 Å². The minimum atomic E-state index is -0.928. The summed E-state index contributed by atoms with van der Waals surface area (Å²) in [7, 11) is 0. The number of benzene rings is 2. The van der Waals surface area contributed by atoms with E-state index in [9.17, 15) is 14.3 Å². The molecule has 1 unspecified atom stereocenters. The summed E-state index contributed by atoms with van der Waals surface area (Å²) in [5.74, 6) is -1.21. The predicted molar refractivity (Wildman–Crippen MR) is 108 cm³/mol. The molecule has 0 saturated carbocycles. The number of rotatable bonds is 7. The Bertz CT molecular complexity index is 963. The summed E-state index contributed by atoms with van der Waals surface area (Å²) in [6.45, 7) is 6.79. The van der Waals surface area contributed by atoms with Gasteiger partial charge in [0.05, 0.1) is 5.56 Å². The van der Waals surface area contributed by atoms with Crippen LogP contribution in [0.5, 0.6) is 0 Å². The smallest absolute Gasteiger partial charge is 0.337 e. The van der Waals surface area contributed by atoms with E-state index in [1.165, 1.54) is 12.1 Å². The molecule has 146 valence electrons. The van der Waals surface area contributed by atoms with Crippen LogP contribution in [0.3, 0.4) is 0 Å². The van der Waals surface area contributed by atoms with Crippen molar-refractivity contribution in [3.63, 3.8) is 0 Å². The lowest BCUT2D eigenvalue weighted by Crippen LogP contribution is -2.19. The molecule has 3 aromatic rings. The number of nitrogens with one attached hydrogen (secondary N) is 1. The van der Waals surface area contributed by atoms with Crippen LogP contribution in [0.25, 0.3) is 0 Å². The van der Waals surface area contributed by atoms with E-state index in [4.69, 9.17) is 0 Å². The molecular formula is C23H25FN2O2. The monoisotopic (exact) mass is 380 g/mol. The molecule has 3 rings (SSSR count). The van der Waals surface area contributed by atoms with Crippen molar-refractivity contribution in [3.8, 4) is 0 Å². The van der Waals surface area contributed by atoms with Crippen LogP contribution in [0.2, 0.25) is 0 Å². The SMILES string of the molecule is Cc1c(CNC(C)c2ccccc2)c(C(=O)O)c(C)n1Cc1ccc(F)cc1. The van der Waals surface area contributed by atoms with Gasteiger partial charge in [-0.05, 0) is 44.0 Å². The summed E-state index contributed by atoms with van der Waals surface area (Å²) in [5.41, 5.74) is 4.82. The van der Waals surface area contributed by atoms with Crippen molar-refractivity contribution in [2.75, 3.05) is 0 Å². The van der Waals surface area contributed by atoms with E-state index in [1.807, 2.05) is 48.7 Å². The van der Waals surface area contributed by atoms with Crippen LogP contribution in [-0.4, -0.2) is 15.6 Å². The lowest BCUT2D eigenvalue weighted by Gasteiger charge is -2.15. The number of hydrogen-bond acceptors (Lipinski definition) is 2. The lowest BCUT2D eigenvalue weighted by molar-refractivity contribution is 0.0694. The molecule has 2 aromatic carbocycles. The number of aromatic carboxylic acids is 1. The second kappa shape index (κ2) is 8.40. The standard InChI is InChI=1S/C23H25FN2O2/c1-15(19-7-5-4-6-8-19)25-13-21-16(2)26(17(3)22(21)23(27)28)14-18-9-11-20(24)12-10-18/h4-12,15,25H,13-14H2,1-3H3,(H,27,28). The van der Waals surface area contributed by atoms with Gasteiger partial charge in [0.15, 0.2) is 0 Å². The summed E-state index contributed by atoms with van der Waals surface area (Å²) >= 11 is 0. The Morgan fingerprint density at radius 1 is 1.07 bits per heavy atom. The summed E-state index contributed by atoms with van der Waals surface area (Å²) < 4.78 is 15.2. The van der Waals surface area contributed by atoms with Crippen LogP contribution in [0.15, 0.2) is 54.6 Å². The van der Waals surface area contributed by atoms with Crippen LogP contribution >= 0.6 is 0 Å². The molecule has 0 aliphatic carbocycles. The summed E-state index contributed by atoms with van der Waals surface area (Å²) in [4.78, 5) is 11.9. The molecule has 0 aliphatic rings. The normalized spacial score (nSPS) is 12.1. The highest BCUT2D eigenvalue weighted by Gasteiger charge is 2.23. The van der Waals surface area contributed by atoms with Gasteiger partial charge in [-0.25, -0.2) is 9.18 Å². The highest BCUT2D eigenvalue weighted by molar-refractivity contribution is 5.91. The van der Waals surface area contributed by atoms with Gasteiger partial charge < -0.3 is 15.0 Å². The fourth-order valence-corrected chi connectivity index (χ4v) is 3.57. The first-order chi connectivity index (χ1) is 13.4. The maximum atomic E-state index is 13.2. The maximum absolute atomic E-state index is 13.2. The highest BCUT2D eigenvalue weighted by Crippen LogP contribution is 2.25. The van der Waals surface area contributed by atoms with Crippen molar-refractivity contribution in [2.45, 2.75) is 39.9 Å². The lowest BCUT2D eigenvalue weighted by atomic mass is 10.1. The van der Waals surface area contributed by atoms with Crippen LogP contribution in [-0.2, 0) is 13.1 Å². The molecule has 28 heavy (non-hydrogen) atoms. The Morgan fingerprint density at radius 3 is 2.32 bits per heavy atom. The minimum absolute atomic E-state index is 0.1000. The fraction of sp³-hybridized carbons (Fsp3) is 0.261. The summed E-state index contributed by atoms with van der Waals surface area (Å²) in [5, 5.41) is 13.2. The third kappa shape index (κ3) is 4.15. The van der Waals surface area contributed by atoms with Gasteiger partial charge in [-0.1, -0.05) is 42.5 Å². The number of aromatic nitrogens is 1. The van der Waals surface area contributed by atoms with Crippen molar-refractivity contribution in [1.82, 2.24) is 9.88 Å². The van der Waals surface area contributed by atoms with Crippen molar-refractivity contribution in [1.29, 1.82) is 0 Å². The van der Waals surface area contributed by atoms with Gasteiger partial charge in [-0.2, -0.15) is 0 Å². The van der Waals surface area contributed by atoms with Crippen molar-refractivity contribution in [3.05, 3.63) is 94.1 Å². The number of halogens is 1. The number of carboxylic acid groups (broad SMARTS) is 1. The van der Waals surface area contributed by atoms with Crippen LogP contribution in [0.4, 0.5) is 4.39 Å². The number of nitrogens with zero attached hydrogens (tertiary/aromatic N) is 1. The van der Waals surface area contributed by atoms with E-state index in [1.54, 1.807) is 12.1 Å². The Hall–Kier alpha value is -2.92. The molecule has 1 atom stereocenters. The third-order valence-electron chi connectivity index (χ3n) is 5.26. The van der Waals surface area contributed by atoms with E-state index in [-0.39, 0.29) is 11.9 Å². The Labute approximate surface area is 164 Å². The first kappa shape index (κ1) is 19.8. The second-order valence-corrected chi connectivity index (χ2v) is 7.06. The van der Waals surface area contributed by atoms with E-state index >= 15 is 0 Å². The van der Waals surface area contributed by atoms with E-state index in [2.05, 4.69) is 12.2 Å². The molecule has 0 bridgehead atoms. The predicted octanol–water partition coefficient (Wildman–Crippen LogP) is 4.84. The molecular weight excluding hydrogens is 355 g/mol. The van der Waals surface area contributed by atoms with Crippen LogP contribution in [0, 0.1) is 19.7 Å². The molecule has 0 aliphatic heterocycles. The van der Waals surface area contributed by atoms with Gasteiger partial charge in [0, 0.05) is 36.1 Å².